The van der Waals surface area contributed by atoms with Crippen LogP contribution in [0.4, 0.5) is 13.2 Å². The Morgan fingerprint density at radius 3 is 2.62 bits per heavy atom. The number of nitrogens with two attached hydrogens (primary N) is 1. The number of aromatic nitrogens is 3. The van der Waals surface area contributed by atoms with Crippen molar-refractivity contribution in [1.29, 1.82) is 0 Å². The zero-order valence-corrected chi connectivity index (χ0v) is 15.7. The quantitative estimate of drug-likeness (QED) is 0.521. The average molecular weight is 415 g/mol. The Bertz CT molecular complexity index is 751. The monoisotopic (exact) mass is 415 g/mol. The van der Waals surface area contributed by atoms with E-state index in [4.69, 9.17) is 5.84 Å². The summed E-state index contributed by atoms with van der Waals surface area (Å²) >= 11 is 0.736. The standard InChI is InChI=1S/C13H20F3N5O3S2/c1-2-3-5-20(9-4-6-26(23,24)8-9)10(22)7-25-12-19-18-11(21(12)17)13(14,15)16/h9H,2-8,17H2,1H3/t9-/m0/s1. The molecule has 2 rings (SSSR count). The van der Waals surface area contributed by atoms with E-state index in [1.807, 2.05) is 6.92 Å². The molecule has 0 aliphatic carbocycles. The van der Waals surface area contributed by atoms with Crippen LogP contribution in [-0.4, -0.2) is 63.9 Å². The van der Waals surface area contributed by atoms with Crippen molar-refractivity contribution in [3.63, 3.8) is 0 Å². The van der Waals surface area contributed by atoms with Gasteiger partial charge < -0.3 is 10.7 Å². The minimum Gasteiger partial charge on any atom is -0.338 e. The highest BCUT2D eigenvalue weighted by Gasteiger charge is 2.38. The molecule has 2 heterocycles. The van der Waals surface area contributed by atoms with Crippen molar-refractivity contribution in [3.05, 3.63) is 5.82 Å². The number of hydrogen-bond donors (Lipinski definition) is 1. The number of unbranched alkanes of at least 4 members (excludes halogenated alkanes) is 1. The number of sulfone groups is 1. The van der Waals surface area contributed by atoms with Gasteiger partial charge in [0.05, 0.1) is 17.3 Å². The number of carbonyl (C=O) groups is 1. The smallest absolute Gasteiger partial charge is 0.338 e. The van der Waals surface area contributed by atoms with Gasteiger partial charge in [-0.25, -0.2) is 13.1 Å². The van der Waals surface area contributed by atoms with Crippen molar-refractivity contribution in [3.8, 4) is 0 Å². The molecule has 2 N–H and O–H groups in total. The summed E-state index contributed by atoms with van der Waals surface area (Å²) in [6.45, 7) is 2.34. The first-order valence-corrected chi connectivity index (χ1v) is 10.8. The van der Waals surface area contributed by atoms with Crippen molar-refractivity contribution < 1.29 is 26.4 Å². The lowest BCUT2D eigenvalue weighted by Gasteiger charge is -2.28. The molecule has 1 aromatic heterocycles. The Morgan fingerprint density at radius 2 is 2.12 bits per heavy atom. The summed E-state index contributed by atoms with van der Waals surface area (Å²) < 4.78 is 61.6. The van der Waals surface area contributed by atoms with Gasteiger partial charge in [-0.15, -0.1) is 10.2 Å². The molecule has 1 saturated heterocycles. The highest BCUT2D eigenvalue weighted by atomic mass is 32.2. The molecule has 8 nitrogen and oxygen atoms in total. The molecule has 148 valence electrons. The Morgan fingerprint density at radius 1 is 1.42 bits per heavy atom. The van der Waals surface area contributed by atoms with Gasteiger partial charge in [0, 0.05) is 12.6 Å². The number of amides is 1. The van der Waals surface area contributed by atoms with Gasteiger partial charge in [0.15, 0.2) is 9.84 Å². The number of alkyl halides is 3. The summed E-state index contributed by atoms with van der Waals surface area (Å²) in [6, 6.07) is -0.402. The number of nitrogen functional groups attached to an aromatic ring is 1. The van der Waals surface area contributed by atoms with E-state index in [-0.39, 0.29) is 28.3 Å². The zero-order chi connectivity index (χ0) is 19.5. The zero-order valence-electron chi connectivity index (χ0n) is 14.1. The first-order chi connectivity index (χ1) is 12.0. The topological polar surface area (TPSA) is 111 Å². The molecule has 1 aliphatic rings. The second-order valence-corrected chi connectivity index (χ2v) is 9.13. The van der Waals surface area contributed by atoms with Crippen molar-refractivity contribution >= 4 is 27.5 Å². The van der Waals surface area contributed by atoms with Crippen molar-refractivity contribution in [2.75, 3.05) is 29.6 Å². The Balaban J connectivity index is 2.04. The van der Waals surface area contributed by atoms with Gasteiger partial charge in [0.25, 0.3) is 5.82 Å². The van der Waals surface area contributed by atoms with Gasteiger partial charge in [0.2, 0.25) is 11.1 Å². The van der Waals surface area contributed by atoms with Crippen molar-refractivity contribution in [2.24, 2.45) is 0 Å². The van der Waals surface area contributed by atoms with E-state index in [0.717, 1.165) is 18.2 Å². The summed E-state index contributed by atoms with van der Waals surface area (Å²) in [5, 5.41) is 6.12. The lowest BCUT2D eigenvalue weighted by Crippen LogP contribution is -2.42. The molecule has 26 heavy (non-hydrogen) atoms. The second-order valence-electron chi connectivity index (χ2n) is 5.96. The molecule has 0 aromatic carbocycles. The van der Waals surface area contributed by atoms with E-state index >= 15 is 0 Å². The summed E-state index contributed by atoms with van der Waals surface area (Å²) in [7, 11) is -3.16. The molecule has 0 bridgehead atoms. The van der Waals surface area contributed by atoms with E-state index in [1.165, 1.54) is 4.90 Å². The average Bonchev–Trinajstić information content (AvgIpc) is 3.08. The van der Waals surface area contributed by atoms with Crippen LogP contribution in [0.15, 0.2) is 5.16 Å². The van der Waals surface area contributed by atoms with Gasteiger partial charge in [-0.2, -0.15) is 13.2 Å². The Labute approximate surface area is 153 Å². The van der Waals surface area contributed by atoms with Crippen molar-refractivity contribution in [2.45, 2.75) is 43.6 Å². The van der Waals surface area contributed by atoms with E-state index in [1.54, 1.807) is 0 Å². The summed E-state index contributed by atoms with van der Waals surface area (Å²) in [6.07, 6.45) is -2.84. The molecule has 0 unspecified atom stereocenters. The number of nitrogens with zero attached hydrogens (tertiary/aromatic N) is 4. The lowest BCUT2D eigenvalue weighted by molar-refractivity contribution is -0.146. The molecule has 1 atom stereocenters. The SMILES string of the molecule is CCCCN(C(=O)CSc1nnc(C(F)(F)F)n1N)[C@H]1CCS(=O)(=O)C1. The van der Waals surface area contributed by atoms with Crippen LogP contribution in [0.5, 0.6) is 0 Å². The maximum Gasteiger partial charge on any atom is 0.453 e. The minimum atomic E-state index is -4.74. The second kappa shape index (κ2) is 8.03. The van der Waals surface area contributed by atoms with Gasteiger partial charge >= 0.3 is 6.18 Å². The Kier molecular flexibility index (Phi) is 6.42. The molecule has 0 radical (unpaired) electrons. The van der Waals surface area contributed by atoms with Crippen LogP contribution in [0.3, 0.4) is 0 Å². The number of halogens is 3. The fourth-order valence-corrected chi connectivity index (χ4v) is 5.11. The molecule has 0 spiro atoms. The highest BCUT2D eigenvalue weighted by molar-refractivity contribution is 7.99. The van der Waals surface area contributed by atoms with Crippen LogP contribution >= 0.6 is 11.8 Å². The number of carbonyl (C=O) groups excluding carboxylic acids is 1. The predicted octanol–water partition coefficient (Wildman–Crippen LogP) is 0.919. The highest BCUT2D eigenvalue weighted by Crippen LogP contribution is 2.29. The number of hydrogen-bond acceptors (Lipinski definition) is 7. The van der Waals surface area contributed by atoms with Gasteiger partial charge in [-0.3, -0.25) is 4.79 Å². The largest absolute Gasteiger partial charge is 0.453 e. The first-order valence-electron chi connectivity index (χ1n) is 7.95. The van der Waals surface area contributed by atoms with Gasteiger partial charge in [-0.05, 0) is 12.8 Å². The van der Waals surface area contributed by atoms with Crippen LogP contribution in [0.1, 0.15) is 32.0 Å². The molecule has 13 heteroatoms. The summed E-state index contributed by atoms with van der Waals surface area (Å²) in [5.74, 6) is 3.38. The predicted molar refractivity (Wildman–Crippen MR) is 89.6 cm³/mol. The van der Waals surface area contributed by atoms with E-state index < -0.39 is 27.9 Å². The van der Waals surface area contributed by atoms with Crippen LogP contribution in [-0.2, 0) is 20.8 Å². The van der Waals surface area contributed by atoms with E-state index in [9.17, 15) is 26.4 Å². The van der Waals surface area contributed by atoms with Crippen molar-refractivity contribution in [1.82, 2.24) is 19.8 Å². The summed E-state index contributed by atoms with van der Waals surface area (Å²) in [4.78, 5) is 14.0. The molecule has 1 aromatic rings. The van der Waals surface area contributed by atoms with E-state index in [2.05, 4.69) is 10.2 Å². The molecular weight excluding hydrogens is 395 g/mol. The van der Waals surface area contributed by atoms with Crippen LogP contribution < -0.4 is 5.84 Å². The summed E-state index contributed by atoms with van der Waals surface area (Å²) in [5.41, 5.74) is 0. The third-order valence-corrected chi connectivity index (χ3v) is 6.64. The maximum absolute atomic E-state index is 12.7. The van der Waals surface area contributed by atoms with E-state index in [0.29, 0.717) is 24.1 Å². The molecule has 1 fully saturated rings. The minimum absolute atomic E-state index is 0.0345. The van der Waals surface area contributed by atoms with Crippen LogP contribution in [0.25, 0.3) is 0 Å². The van der Waals surface area contributed by atoms with Gasteiger partial charge in [-0.1, -0.05) is 25.1 Å². The number of thioether (sulfide) groups is 1. The molecule has 0 saturated carbocycles. The first kappa shape index (κ1) is 20.8. The lowest BCUT2D eigenvalue weighted by atomic mass is 10.2. The molecular formula is C13H20F3N5O3S2. The number of rotatable bonds is 7. The maximum atomic E-state index is 12.7. The third-order valence-electron chi connectivity index (χ3n) is 3.96. The normalized spacial score (nSPS) is 19.6. The van der Waals surface area contributed by atoms with Crippen LogP contribution in [0, 0.1) is 0 Å². The third kappa shape index (κ3) is 5.02. The molecule has 1 aliphatic heterocycles. The molecule has 1 amide bonds. The fraction of sp³-hybridized carbons (Fsp3) is 0.769. The van der Waals surface area contributed by atoms with Gasteiger partial charge in [0.1, 0.15) is 0 Å². The fourth-order valence-electron chi connectivity index (χ4n) is 2.64. The van der Waals surface area contributed by atoms with Crippen LogP contribution in [0.2, 0.25) is 0 Å². The Hall–Kier alpha value is -1.50.